The van der Waals surface area contributed by atoms with Crippen LogP contribution in [0, 0.1) is 0 Å². The van der Waals surface area contributed by atoms with Crippen molar-refractivity contribution in [1.82, 2.24) is 0 Å². The van der Waals surface area contributed by atoms with Crippen molar-refractivity contribution in [2.75, 3.05) is 0 Å². The Morgan fingerprint density at radius 3 is 0.500 bits per heavy atom. The first-order valence-electron chi connectivity index (χ1n) is 0. The standard InChI is InChI=1S/In.4O.V/q+3;4*-2;. The fourth-order valence-electron chi connectivity index (χ4n) is 0. The van der Waals surface area contributed by atoms with E-state index in [-0.39, 0.29) is 66.3 Å². The monoisotopic (exact) mass is 230 g/mol. The van der Waals surface area contributed by atoms with E-state index in [1.54, 1.807) is 0 Å². The summed E-state index contributed by atoms with van der Waals surface area (Å²) >= 11 is 0. The molecular formula is InO4V-5. The van der Waals surface area contributed by atoms with Gasteiger partial charge in [-0.25, -0.2) is 0 Å². The molecule has 0 saturated carbocycles. The third kappa shape index (κ3) is 58.3. The zero-order valence-corrected chi connectivity index (χ0v) is 7.35. The minimum absolute atomic E-state index is 0. The molecule has 0 aromatic rings. The van der Waals surface area contributed by atoms with Crippen LogP contribution in [0.25, 0.3) is 0 Å². The van der Waals surface area contributed by atoms with Gasteiger partial charge in [-0.3, -0.25) is 0 Å². The largest absolute Gasteiger partial charge is 3.00 e. The minimum atomic E-state index is 0. The van der Waals surface area contributed by atoms with Crippen LogP contribution in [0.15, 0.2) is 0 Å². The molecule has 0 unspecified atom stereocenters. The molecule has 0 amide bonds. The van der Waals surface area contributed by atoms with Crippen LogP contribution in [-0.4, -0.2) is 25.8 Å². The third-order valence-electron chi connectivity index (χ3n) is 0. The van der Waals surface area contributed by atoms with E-state index >= 15 is 0 Å². The molecule has 0 bridgehead atoms. The molecule has 0 rings (SSSR count). The molecule has 0 aromatic heterocycles. The van der Waals surface area contributed by atoms with Gasteiger partial charge in [-0.1, -0.05) is 0 Å². The SMILES string of the molecule is [In+3].[O-2].[O-2].[O-2].[O-2].[V]. The smallest absolute Gasteiger partial charge is 2.00 e. The summed E-state index contributed by atoms with van der Waals surface area (Å²) in [5.41, 5.74) is 0. The van der Waals surface area contributed by atoms with Crippen LogP contribution >= 0.6 is 0 Å². The summed E-state index contributed by atoms with van der Waals surface area (Å²) in [7, 11) is 0. The Morgan fingerprint density at radius 1 is 0.500 bits per heavy atom. The molecule has 6 heteroatoms. The summed E-state index contributed by atoms with van der Waals surface area (Å²) in [4.78, 5) is 0. The van der Waals surface area contributed by atoms with Crippen LogP contribution < -0.4 is 0 Å². The molecule has 0 saturated heterocycles. The van der Waals surface area contributed by atoms with E-state index in [4.69, 9.17) is 0 Å². The summed E-state index contributed by atoms with van der Waals surface area (Å²) < 4.78 is 0. The molecule has 0 aliphatic heterocycles. The predicted molar refractivity (Wildman–Crippen MR) is 8.50 cm³/mol. The average Bonchev–Trinajstić information content (AvgIpc) is 0. The molecular weight excluding hydrogens is 230 g/mol. The number of hydrogen-bond donors (Lipinski definition) is 0. The van der Waals surface area contributed by atoms with Gasteiger partial charge in [0.2, 0.25) is 0 Å². The maximum absolute atomic E-state index is 0. The van der Waals surface area contributed by atoms with Gasteiger partial charge in [0.05, 0.1) is 0 Å². The first kappa shape index (κ1) is 172. The summed E-state index contributed by atoms with van der Waals surface area (Å²) in [6, 6.07) is 0. The summed E-state index contributed by atoms with van der Waals surface area (Å²) in [6.45, 7) is 0. The van der Waals surface area contributed by atoms with Gasteiger partial charge in [-0.05, 0) is 0 Å². The Labute approximate surface area is 66.2 Å². The number of rotatable bonds is 0. The van der Waals surface area contributed by atoms with Crippen molar-refractivity contribution in [3.05, 3.63) is 0 Å². The van der Waals surface area contributed by atoms with Gasteiger partial charge >= 0.3 is 25.8 Å². The normalized spacial score (nSPS) is 0. The Kier molecular flexibility index (Phi) is 3030. The molecule has 4 nitrogen and oxygen atoms in total. The van der Waals surface area contributed by atoms with Gasteiger partial charge in [0.15, 0.2) is 0 Å². The van der Waals surface area contributed by atoms with E-state index in [1.807, 2.05) is 0 Å². The first-order chi connectivity index (χ1) is 0. The van der Waals surface area contributed by atoms with Crippen LogP contribution in [-0.2, 0) is 40.5 Å². The van der Waals surface area contributed by atoms with E-state index in [0.29, 0.717) is 0 Å². The van der Waals surface area contributed by atoms with Crippen molar-refractivity contribution in [2.45, 2.75) is 0 Å². The fourth-order valence-corrected chi connectivity index (χ4v) is 0. The Morgan fingerprint density at radius 2 is 0.500 bits per heavy atom. The molecule has 0 aliphatic carbocycles. The summed E-state index contributed by atoms with van der Waals surface area (Å²) in [5.74, 6) is 0. The Bertz CT molecular complexity index is 7.51. The molecule has 0 N–H and O–H groups in total. The molecule has 0 fully saturated rings. The van der Waals surface area contributed by atoms with Crippen molar-refractivity contribution in [2.24, 2.45) is 0 Å². The van der Waals surface area contributed by atoms with Crippen molar-refractivity contribution in [3.63, 3.8) is 0 Å². The summed E-state index contributed by atoms with van der Waals surface area (Å²) in [5, 5.41) is 0. The summed E-state index contributed by atoms with van der Waals surface area (Å²) in [6.07, 6.45) is 0. The molecule has 0 aliphatic rings. The van der Waals surface area contributed by atoms with Crippen LogP contribution in [0.2, 0.25) is 0 Å². The van der Waals surface area contributed by atoms with Crippen molar-refractivity contribution in [3.8, 4) is 0 Å². The maximum atomic E-state index is 0. The number of hydrogen-bond acceptors (Lipinski definition) is 0. The second-order valence-corrected chi connectivity index (χ2v) is 0. The van der Waals surface area contributed by atoms with Gasteiger partial charge in [0.1, 0.15) is 0 Å². The van der Waals surface area contributed by atoms with E-state index in [2.05, 4.69) is 0 Å². The predicted octanol–water partition coefficient (Wildman–Crippen LogP) is -0.859. The zero-order chi connectivity index (χ0) is 0. The van der Waals surface area contributed by atoms with Gasteiger partial charge in [-0.15, -0.1) is 0 Å². The average molecular weight is 230 g/mol. The molecule has 0 aromatic carbocycles. The van der Waals surface area contributed by atoms with E-state index in [9.17, 15) is 0 Å². The quantitative estimate of drug-likeness (QED) is 0.515. The van der Waals surface area contributed by atoms with E-state index in [1.165, 1.54) is 0 Å². The molecule has 0 heterocycles. The van der Waals surface area contributed by atoms with Crippen molar-refractivity contribution < 1.29 is 40.5 Å². The zero-order valence-electron chi connectivity index (χ0n) is 2.66. The second-order valence-electron chi connectivity index (χ2n) is 0. The third-order valence-corrected chi connectivity index (χ3v) is 0. The minimum Gasteiger partial charge on any atom is -2.00 e. The molecule has 1 radical (unpaired) electrons. The van der Waals surface area contributed by atoms with Crippen LogP contribution in [0.5, 0.6) is 0 Å². The van der Waals surface area contributed by atoms with E-state index in [0.717, 1.165) is 0 Å². The molecule has 6 heavy (non-hydrogen) atoms. The maximum Gasteiger partial charge on any atom is 3.00 e. The topological polar surface area (TPSA) is 114 Å². The van der Waals surface area contributed by atoms with Crippen LogP contribution in [0.1, 0.15) is 0 Å². The fraction of sp³-hybridized carbons (Fsp3) is 0. The van der Waals surface area contributed by atoms with Gasteiger partial charge in [-0.2, -0.15) is 0 Å². The molecule has 37 valence electrons. The van der Waals surface area contributed by atoms with Crippen molar-refractivity contribution >= 4 is 25.8 Å². The molecule has 0 atom stereocenters. The van der Waals surface area contributed by atoms with Gasteiger partial charge in [0.25, 0.3) is 0 Å². The van der Waals surface area contributed by atoms with Crippen LogP contribution in [0.4, 0.5) is 0 Å². The first-order valence-corrected chi connectivity index (χ1v) is 0. The second kappa shape index (κ2) is 105. The van der Waals surface area contributed by atoms with Gasteiger partial charge < -0.3 is 21.9 Å². The van der Waals surface area contributed by atoms with E-state index < -0.39 is 0 Å². The van der Waals surface area contributed by atoms with Gasteiger partial charge in [0, 0.05) is 18.6 Å². The Hall–Kier alpha value is 1.29. The molecule has 0 spiro atoms. The Balaban J connectivity index is 0. The van der Waals surface area contributed by atoms with Crippen LogP contribution in [0.3, 0.4) is 0 Å². The van der Waals surface area contributed by atoms with Crippen molar-refractivity contribution in [1.29, 1.82) is 0 Å².